The molecule has 5 nitrogen and oxygen atoms in total. The molecule has 0 radical (unpaired) electrons. The minimum Gasteiger partial charge on any atom is -0.339 e. The maximum Gasteiger partial charge on any atom is 0.406 e. The van der Waals surface area contributed by atoms with Crippen LogP contribution in [0.15, 0.2) is 72.0 Å². The van der Waals surface area contributed by atoms with Gasteiger partial charge in [0.15, 0.2) is 5.16 Å². The molecule has 2 heterocycles. The third-order valence-electron chi connectivity index (χ3n) is 5.52. The smallest absolute Gasteiger partial charge is 0.339 e. The van der Waals surface area contributed by atoms with Crippen LogP contribution in [0.3, 0.4) is 0 Å². The standard InChI is InChI=1S/C24H25F3N4OS/c25-24(26,27)18-31-21(20-9-5-2-6-10-20)15-28-23(31)33-17-22(32)30-13-11-29(12-14-30)16-19-7-3-1-4-8-19/h1-10,15H,11-14,16-18H2. The van der Waals surface area contributed by atoms with Crippen LogP contribution in [-0.4, -0.2) is 63.4 Å². The molecule has 1 aliphatic heterocycles. The summed E-state index contributed by atoms with van der Waals surface area (Å²) in [5.41, 5.74) is 2.28. The van der Waals surface area contributed by atoms with Gasteiger partial charge >= 0.3 is 6.18 Å². The van der Waals surface area contributed by atoms with Crippen molar-refractivity contribution in [2.24, 2.45) is 0 Å². The van der Waals surface area contributed by atoms with Gasteiger partial charge in [0.05, 0.1) is 17.6 Å². The van der Waals surface area contributed by atoms with Gasteiger partial charge in [-0.05, 0) is 11.1 Å². The van der Waals surface area contributed by atoms with Crippen molar-refractivity contribution < 1.29 is 18.0 Å². The molecule has 0 spiro atoms. The molecular formula is C24H25F3N4OS. The zero-order valence-electron chi connectivity index (χ0n) is 18.0. The van der Waals surface area contributed by atoms with E-state index >= 15 is 0 Å². The monoisotopic (exact) mass is 474 g/mol. The van der Waals surface area contributed by atoms with Crippen molar-refractivity contribution in [1.29, 1.82) is 0 Å². The summed E-state index contributed by atoms with van der Waals surface area (Å²) >= 11 is 1.06. The lowest BCUT2D eigenvalue weighted by Crippen LogP contribution is -2.48. The third-order valence-corrected chi connectivity index (χ3v) is 6.50. The normalized spacial score (nSPS) is 15.1. The van der Waals surface area contributed by atoms with E-state index in [9.17, 15) is 18.0 Å². The molecule has 174 valence electrons. The summed E-state index contributed by atoms with van der Waals surface area (Å²) in [6.07, 6.45) is -2.95. The van der Waals surface area contributed by atoms with Crippen LogP contribution in [0, 0.1) is 0 Å². The molecule has 9 heteroatoms. The maximum atomic E-state index is 13.2. The highest BCUT2D eigenvalue weighted by atomic mass is 32.2. The van der Waals surface area contributed by atoms with E-state index in [0.29, 0.717) is 24.3 Å². The fourth-order valence-electron chi connectivity index (χ4n) is 3.86. The van der Waals surface area contributed by atoms with Crippen LogP contribution in [0.5, 0.6) is 0 Å². The number of hydrogen-bond acceptors (Lipinski definition) is 4. The van der Waals surface area contributed by atoms with Gasteiger partial charge in [-0.1, -0.05) is 72.4 Å². The predicted octanol–water partition coefficient (Wildman–Crippen LogP) is 4.55. The SMILES string of the molecule is O=C(CSc1ncc(-c2ccccc2)n1CC(F)(F)F)N1CCN(Cc2ccccc2)CC1. The minimum atomic E-state index is -4.39. The van der Waals surface area contributed by atoms with Gasteiger partial charge in [-0.25, -0.2) is 4.98 Å². The molecule has 0 aliphatic carbocycles. The molecule has 0 bridgehead atoms. The van der Waals surface area contributed by atoms with Crippen molar-refractivity contribution in [2.75, 3.05) is 31.9 Å². The number of alkyl halides is 3. The topological polar surface area (TPSA) is 41.4 Å². The number of thioether (sulfide) groups is 1. The Hall–Kier alpha value is -2.78. The second-order valence-corrected chi connectivity index (χ2v) is 8.87. The molecule has 1 amide bonds. The van der Waals surface area contributed by atoms with E-state index in [0.717, 1.165) is 36.0 Å². The Labute approximate surface area is 195 Å². The lowest BCUT2D eigenvalue weighted by Gasteiger charge is -2.34. The fraction of sp³-hybridized carbons (Fsp3) is 0.333. The number of carbonyl (C=O) groups excluding carboxylic acids is 1. The van der Waals surface area contributed by atoms with Crippen molar-refractivity contribution >= 4 is 17.7 Å². The highest BCUT2D eigenvalue weighted by Crippen LogP contribution is 2.30. The molecule has 1 saturated heterocycles. The summed E-state index contributed by atoms with van der Waals surface area (Å²) in [5.74, 6) is -0.0240. The number of amides is 1. The van der Waals surface area contributed by atoms with Gasteiger partial charge in [0.1, 0.15) is 6.54 Å². The molecule has 0 N–H and O–H groups in total. The van der Waals surface area contributed by atoms with Crippen molar-refractivity contribution in [3.8, 4) is 11.3 Å². The quantitative estimate of drug-likeness (QED) is 0.471. The van der Waals surface area contributed by atoms with Crippen LogP contribution in [0.25, 0.3) is 11.3 Å². The van der Waals surface area contributed by atoms with Gasteiger partial charge in [-0.2, -0.15) is 13.2 Å². The van der Waals surface area contributed by atoms with Crippen molar-refractivity contribution in [3.63, 3.8) is 0 Å². The first-order chi connectivity index (χ1) is 15.9. The number of piperazine rings is 1. The molecule has 3 aromatic rings. The summed E-state index contributed by atoms with van der Waals surface area (Å²) in [5, 5.41) is 0.197. The summed E-state index contributed by atoms with van der Waals surface area (Å²) in [7, 11) is 0. The predicted molar refractivity (Wildman–Crippen MR) is 123 cm³/mol. The molecule has 4 rings (SSSR count). The van der Waals surface area contributed by atoms with Crippen LogP contribution >= 0.6 is 11.8 Å². The largest absolute Gasteiger partial charge is 0.406 e. The Morgan fingerprint density at radius 2 is 1.58 bits per heavy atom. The Kier molecular flexibility index (Phi) is 7.39. The first-order valence-electron chi connectivity index (χ1n) is 10.7. The molecular weight excluding hydrogens is 449 g/mol. The molecule has 33 heavy (non-hydrogen) atoms. The van der Waals surface area contributed by atoms with Crippen LogP contribution in [0.4, 0.5) is 13.2 Å². The Morgan fingerprint density at radius 3 is 2.21 bits per heavy atom. The van der Waals surface area contributed by atoms with E-state index < -0.39 is 12.7 Å². The van der Waals surface area contributed by atoms with Crippen molar-refractivity contribution in [3.05, 3.63) is 72.4 Å². The van der Waals surface area contributed by atoms with E-state index in [1.807, 2.05) is 24.3 Å². The average molecular weight is 475 g/mol. The lowest BCUT2D eigenvalue weighted by atomic mass is 10.2. The number of imidazole rings is 1. The molecule has 2 aromatic carbocycles. The van der Waals surface area contributed by atoms with Crippen molar-refractivity contribution in [1.82, 2.24) is 19.4 Å². The first kappa shape index (κ1) is 23.4. The number of carbonyl (C=O) groups is 1. The number of benzene rings is 2. The summed E-state index contributed by atoms with van der Waals surface area (Å²) < 4.78 is 40.9. The number of halogens is 3. The highest BCUT2D eigenvalue weighted by molar-refractivity contribution is 7.99. The highest BCUT2D eigenvalue weighted by Gasteiger charge is 2.31. The van der Waals surface area contributed by atoms with Crippen LogP contribution in [-0.2, 0) is 17.9 Å². The maximum absolute atomic E-state index is 13.2. The lowest BCUT2D eigenvalue weighted by molar-refractivity contribution is -0.141. The summed E-state index contributed by atoms with van der Waals surface area (Å²) in [6, 6.07) is 19.0. The van der Waals surface area contributed by atoms with E-state index in [2.05, 4.69) is 22.0 Å². The van der Waals surface area contributed by atoms with Gasteiger partial charge in [-0.15, -0.1) is 0 Å². The fourth-order valence-corrected chi connectivity index (χ4v) is 4.74. The van der Waals surface area contributed by atoms with E-state index in [1.165, 1.54) is 11.8 Å². The van der Waals surface area contributed by atoms with E-state index in [1.54, 1.807) is 29.2 Å². The number of nitrogens with zero attached hydrogens (tertiary/aromatic N) is 4. The minimum absolute atomic E-state index is 0.0573. The van der Waals surface area contributed by atoms with Gasteiger partial charge in [0.2, 0.25) is 5.91 Å². The Balaban J connectivity index is 1.36. The third kappa shape index (κ3) is 6.39. The van der Waals surface area contributed by atoms with Crippen LogP contribution in [0.2, 0.25) is 0 Å². The molecule has 1 aromatic heterocycles. The molecule has 1 fully saturated rings. The Morgan fingerprint density at radius 1 is 0.939 bits per heavy atom. The molecule has 0 atom stereocenters. The van der Waals surface area contributed by atoms with Gasteiger partial charge in [0, 0.05) is 32.7 Å². The van der Waals surface area contributed by atoms with Gasteiger partial charge in [0.25, 0.3) is 0 Å². The second kappa shape index (κ2) is 10.4. The van der Waals surface area contributed by atoms with Gasteiger partial charge in [-0.3, -0.25) is 9.69 Å². The molecule has 1 aliphatic rings. The summed E-state index contributed by atoms with van der Waals surface area (Å²) in [6.45, 7) is 2.45. The molecule has 0 unspecified atom stereocenters. The average Bonchev–Trinajstić information content (AvgIpc) is 3.20. The van der Waals surface area contributed by atoms with Crippen molar-refractivity contribution in [2.45, 2.75) is 24.4 Å². The number of hydrogen-bond donors (Lipinski definition) is 0. The summed E-state index contributed by atoms with van der Waals surface area (Å²) in [4.78, 5) is 21.0. The first-order valence-corrected chi connectivity index (χ1v) is 11.7. The zero-order chi connectivity index (χ0) is 23.3. The van der Waals surface area contributed by atoms with Crippen LogP contribution < -0.4 is 0 Å². The second-order valence-electron chi connectivity index (χ2n) is 7.92. The van der Waals surface area contributed by atoms with E-state index in [4.69, 9.17) is 0 Å². The number of aromatic nitrogens is 2. The van der Waals surface area contributed by atoms with E-state index in [-0.39, 0.29) is 16.8 Å². The Bertz CT molecular complexity index is 1050. The zero-order valence-corrected chi connectivity index (χ0v) is 18.9. The van der Waals surface area contributed by atoms with Crippen LogP contribution in [0.1, 0.15) is 5.56 Å². The molecule has 0 saturated carbocycles. The number of rotatable bonds is 7. The van der Waals surface area contributed by atoms with Gasteiger partial charge < -0.3 is 9.47 Å².